The minimum Gasteiger partial charge on any atom is -0.485 e. The van der Waals surface area contributed by atoms with Crippen LogP contribution in [0.5, 0.6) is 17.2 Å². The molecule has 2 heterocycles. The van der Waals surface area contributed by atoms with Gasteiger partial charge in [0.25, 0.3) is 0 Å². The van der Waals surface area contributed by atoms with Gasteiger partial charge in [-0.3, -0.25) is 4.79 Å². The van der Waals surface area contributed by atoms with E-state index in [0.29, 0.717) is 16.9 Å². The molecule has 4 N–H and O–H groups in total. The van der Waals surface area contributed by atoms with Gasteiger partial charge in [-0.15, -0.1) is 8.78 Å². The van der Waals surface area contributed by atoms with E-state index in [1.807, 2.05) is 0 Å². The summed E-state index contributed by atoms with van der Waals surface area (Å²) in [4.78, 5) is 11.9. The standard InChI is InChI=1S/C22H13ClF3NO4.CH5N/c23-13-7-8-15-12(18(13)19-11(21(27)28)4-1-5-14(19)24)9-17(29-15)10-3-2-6-16-20(10)31-22(25,26)30-16;1-2/h1-8,17H,9H2,(H2,27,28);2H2,1H3. The predicted octanol–water partition coefficient (Wildman–Crippen LogP) is 4.82. The van der Waals surface area contributed by atoms with Crippen molar-refractivity contribution in [1.82, 2.24) is 0 Å². The molecule has 5 rings (SSSR count). The van der Waals surface area contributed by atoms with Gasteiger partial charge in [0.05, 0.1) is 0 Å². The van der Waals surface area contributed by atoms with Crippen LogP contribution in [0.4, 0.5) is 13.2 Å². The van der Waals surface area contributed by atoms with Gasteiger partial charge in [-0.2, -0.15) is 0 Å². The second-order valence-electron chi connectivity index (χ2n) is 7.08. The second kappa shape index (κ2) is 8.49. The Morgan fingerprint density at radius 3 is 2.48 bits per heavy atom. The predicted molar refractivity (Wildman–Crippen MR) is 115 cm³/mol. The topological polar surface area (TPSA) is 96.8 Å². The summed E-state index contributed by atoms with van der Waals surface area (Å²) in [6.07, 6.45) is -4.33. The maximum Gasteiger partial charge on any atom is 0.586 e. The quantitative estimate of drug-likeness (QED) is 0.562. The summed E-state index contributed by atoms with van der Waals surface area (Å²) < 4.78 is 57.1. The second-order valence-corrected chi connectivity index (χ2v) is 7.49. The van der Waals surface area contributed by atoms with Gasteiger partial charge >= 0.3 is 6.29 Å². The summed E-state index contributed by atoms with van der Waals surface area (Å²) in [5, 5.41) is 0.194. The average Bonchev–Trinajstić information content (AvgIpc) is 3.34. The van der Waals surface area contributed by atoms with Gasteiger partial charge in [0, 0.05) is 39.3 Å². The first-order chi connectivity index (χ1) is 15.7. The maximum absolute atomic E-state index is 14.8. The Bertz CT molecular complexity index is 1250. The average molecular weight is 479 g/mol. The number of hydrogen-bond donors (Lipinski definition) is 2. The third-order valence-corrected chi connectivity index (χ3v) is 5.53. The van der Waals surface area contributed by atoms with Gasteiger partial charge in [-0.25, -0.2) is 4.39 Å². The van der Waals surface area contributed by atoms with Crippen molar-refractivity contribution in [3.63, 3.8) is 0 Å². The highest BCUT2D eigenvalue weighted by atomic mass is 35.5. The number of amides is 1. The minimum absolute atomic E-state index is 0.0317. The molecule has 0 aromatic heterocycles. The van der Waals surface area contributed by atoms with Crippen molar-refractivity contribution in [2.75, 3.05) is 7.05 Å². The van der Waals surface area contributed by atoms with E-state index in [9.17, 15) is 18.0 Å². The molecule has 33 heavy (non-hydrogen) atoms. The summed E-state index contributed by atoms with van der Waals surface area (Å²) in [6, 6.07) is 11.6. The number of alkyl halides is 2. The van der Waals surface area contributed by atoms with Crippen LogP contribution in [-0.4, -0.2) is 19.2 Å². The van der Waals surface area contributed by atoms with Crippen LogP contribution in [0.2, 0.25) is 5.02 Å². The Labute approximate surface area is 191 Å². The van der Waals surface area contributed by atoms with Crippen LogP contribution in [0.15, 0.2) is 48.5 Å². The van der Waals surface area contributed by atoms with Crippen molar-refractivity contribution in [3.8, 4) is 28.4 Å². The van der Waals surface area contributed by atoms with Crippen LogP contribution in [0.25, 0.3) is 11.1 Å². The largest absolute Gasteiger partial charge is 0.586 e. The van der Waals surface area contributed by atoms with Crippen LogP contribution >= 0.6 is 11.6 Å². The Kier molecular flexibility index (Phi) is 5.85. The lowest BCUT2D eigenvalue weighted by Gasteiger charge is -2.13. The number of ether oxygens (including phenoxy) is 3. The number of nitrogens with two attached hydrogens (primary N) is 2. The molecule has 10 heteroatoms. The Morgan fingerprint density at radius 1 is 1.03 bits per heavy atom. The monoisotopic (exact) mass is 478 g/mol. The van der Waals surface area contributed by atoms with Gasteiger partial charge in [-0.1, -0.05) is 29.8 Å². The molecule has 1 unspecified atom stereocenters. The summed E-state index contributed by atoms with van der Waals surface area (Å²) in [6.45, 7) is 0. The maximum atomic E-state index is 14.8. The van der Waals surface area contributed by atoms with Gasteiger partial charge in [0.2, 0.25) is 5.91 Å². The molecule has 1 amide bonds. The first-order valence-corrected chi connectivity index (χ1v) is 10.2. The lowest BCUT2D eigenvalue weighted by Crippen LogP contribution is -2.26. The van der Waals surface area contributed by atoms with E-state index >= 15 is 0 Å². The number of halogens is 4. The zero-order chi connectivity index (χ0) is 23.9. The van der Waals surface area contributed by atoms with Crippen LogP contribution in [-0.2, 0) is 6.42 Å². The van der Waals surface area contributed by atoms with Gasteiger partial charge < -0.3 is 25.7 Å². The minimum atomic E-state index is -3.78. The molecule has 2 aliphatic rings. The first-order valence-electron chi connectivity index (χ1n) is 9.78. The van der Waals surface area contributed by atoms with Crippen molar-refractivity contribution < 1.29 is 32.2 Å². The summed E-state index contributed by atoms with van der Waals surface area (Å²) in [5.74, 6) is -1.34. The normalized spacial score (nSPS) is 17.0. The molecule has 0 spiro atoms. The number of para-hydroxylation sites is 1. The highest BCUT2D eigenvalue weighted by Crippen LogP contribution is 2.51. The van der Waals surface area contributed by atoms with Gasteiger partial charge in [0.1, 0.15) is 17.7 Å². The molecule has 0 aliphatic carbocycles. The molecule has 6 nitrogen and oxygen atoms in total. The molecular formula is C23H18ClF3N2O4. The van der Waals surface area contributed by atoms with Crippen LogP contribution in [0, 0.1) is 5.82 Å². The Balaban J connectivity index is 0.00000126. The molecule has 2 aliphatic heterocycles. The highest BCUT2D eigenvalue weighted by Gasteiger charge is 2.46. The number of primary amides is 1. The summed E-state index contributed by atoms with van der Waals surface area (Å²) in [7, 11) is 1.50. The van der Waals surface area contributed by atoms with Crippen molar-refractivity contribution >= 4 is 17.5 Å². The zero-order valence-corrected chi connectivity index (χ0v) is 18.0. The van der Waals surface area contributed by atoms with Crippen molar-refractivity contribution in [2.24, 2.45) is 11.5 Å². The Morgan fingerprint density at radius 2 is 1.76 bits per heavy atom. The van der Waals surface area contributed by atoms with E-state index in [2.05, 4.69) is 15.2 Å². The Hall–Kier alpha value is -3.43. The molecule has 0 fully saturated rings. The first kappa shape index (κ1) is 22.8. The van der Waals surface area contributed by atoms with E-state index in [-0.39, 0.29) is 39.6 Å². The molecule has 0 saturated heterocycles. The third kappa shape index (κ3) is 3.94. The number of carbonyl (C=O) groups is 1. The molecule has 0 radical (unpaired) electrons. The lowest BCUT2D eigenvalue weighted by molar-refractivity contribution is -0.287. The fraction of sp³-hybridized carbons (Fsp3) is 0.174. The van der Waals surface area contributed by atoms with Crippen LogP contribution in [0.1, 0.15) is 27.6 Å². The number of benzene rings is 3. The van der Waals surface area contributed by atoms with E-state index in [0.717, 1.165) is 0 Å². The van der Waals surface area contributed by atoms with E-state index in [1.54, 1.807) is 18.2 Å². The van der Waals surface area contributed by atoms with Crippen molar-refractivity contribution in [3.05, 3.63) is 76.1 Å². The fourth-order valence-corrected chi connectivity index (χ4v) is 4.24. The smallest absolute Gasteiger partial charge is 0.485 e. The van der Waals surface area contributed by atoms with Gasteiger partial charge in [-0.05, 0) is 37.4 Å². The summed E-state index contributed by atoms with van der Waals surface area (Å²) >= 11 is 6.40. The number of fused-ring (bicyclic) bond motifs is 2. The molecule has 3 aromatic carbocycles. The number of hydrogen-bond acceptors (Lipinski definition) is 5. The van der Waals surface area contributed by atoms with Crippen LogP contribution in [0.3, 0.4) is 0 Å². The number of carbonyl (C=O) groups excluding carboxylic acids is 1. The molecule has 0 bridgehead atoms. The van der Waals surface area contributed by atoms with Gasteiger partial charge in [0.15, 0.2) is 11.5 Å². The molecule has 1 atom stereocenters. The van der Waals surface area contributed by atoms with Crippen molar-refractivity contribution in [1.29, 1.82) is 0 Å². The van der Waals surface area contributed by atoms with Crippen LogP contribution < -0.4 is 25.7 Å². The SMILES string of the molecule is CN.NC(=O)c1cccc(F)c1-c1c(Cl)ccc2c1CC(c1cccc3c1OC(F)(F)O3)O2. The van der Waals surface area contributed by atoms with E-state index < -0.39 is 24.1 Å². The third-order valence-electron chi connectivity index (χ3n) is 5.21. The number of rotatable bonds is 3. The highest BCUT2D eigenvalue weighted by molar-refractivity contribution is 6.34. The van der Waals surface area contributed by atoms with Crippen molar-refractivity contribution in [2.45, 2.75) is 18.8 Å². The zero-order valence-electron chi connectivity index (χ0n) is 17.2. The lowest BCUT2D eigenvalue weighted by atomic mass is 9.91. The fourth-order valence-electron chi connectivity index (χ4n) is 3.96. The molecule has 172 valence electrons. The molecule has 0 saturated carbocycles. The van der Waals surface area contributed by atoms with E-state index in [4.69, 9.17) is 22.1 Å². The molecule has 3 aromatic rings. The van der Waals surface area contributed by atoms with E-state index in [1.165, 1.54) is 37.4 Å². The molecular weight excluding hydrogens is 461 g/mol. The summed E-state index contributed by atoms with van der Waals surface area (Å²) in [5.41, 5.74) is 11.0.